The second-order valence-corrected chi connectivity index (χ2v) is 7.90. The van der Waals surface area contributed by atoms with Crippen molar-refractivity contribution in [3.05, 3.63) is 45.4 Å². The minimum absolute atomic E-state index is 0.178. The maximum Gasteiger partial charge on any atom is 0.206 e. The van der Waals surface area contributed by atoms with Gasteiger partial charge in [0.05, 0.1) is 38.1 Å². The van der Waals surface area contributed by atoms with Gasteiger partial charge in [-0.25, -0.2) is 4.68 Å². The molecule has 1 aromatic carbocycles. The molecule has 0 spiro atoms. The first kappa shape index (κ1) is 20.2. The van der Waals surface area contributed by atoms with E-state index in [2.05, 4.69) is 30.7 Å². The minimum Gasteiger partial charge on any atom is -0.493 e. The molecular formula is C20H23N3O3S2. The van der Waals surface area contributed by atoms with Crippen LogP contribution in [-0.4, -0.2) is 38.3 Å². The molecule has 0 aliphatic carbocycles. The number of hydrogen-bond donors (Lipinski definition) is 0. The first-order valence-electron chi connectivity index (χ1n) is 8.70. The van der Waals surface area contributed by atoms with Crippen LogP contribution in [0.4, 0.5) is 0 Å². The van der Waals surface area contributed by atoms with Crippen molar-refractivity contribution in [2.24, 2.45) is 10.1 Å². The summed E-state index contributed by atoms with van der Waals surface area (Å²) in [4.78, 5) is 6.69. The molecule has 0 aliphatic rings. The summed E-state index contributed by atoms with van der Waals surface area (Å²) in [6.07, 6.45) is 1.77. The van der Waals surface area contributed by atoms with Gasteiger partial charge in [-0.3, -0.25) is 4.99 Å². The first-order valence-corrected chi connectivity index (χ1v) is 10.5. The van der Waals surface area contributed by atoms with Crippen molar-refractivity contribution < 1.29 is 14.2 Å². The van der Waals surface area contributed by atoms with E-state index in [4.69, 9.17) is 24.3 Å². The van der Waals surface area contributed by atoms with Gasteiger partial charge >= 0.3 is 0 Å². The van der Waals surface area contributed by atoms with Gasteiger partial charge in [0.25, 0.3) is 0 Å². The summed E-state index contributed by atoms with van der Waals surface area (Å²) in [5.74, 6) is 1.73. The Balaban J connectivity index is 2.08. The van der Waals surface area contributed by atoms with Crippen LogP contribution >= 0.6 is 22.7 Å². The Morgan fingerprint density at radius 1 is 1.04 bits per heavy atom. The monoisotopic (exact) mass is 417 g/mol. The smallest absolute Gasteiger partial charge is 0.206 e. The highest BCUT2D eigenvalue weighted by Crippen LogP contribution is 2.37. The average molecular weight is 418 g/mol. The molecule has 3 rings (SSSR count). The minimum atomic E-state index is 0.178. The zero-order valence-electron chi connectivity index (χ0n) is 16.5. The number of thiazole rings is 1. The fourth-order valence-electron chi connectivity index (χ4n) is 2.62. The van der Waals surface area contributed by atoms with E-state index in [-0.39, 0.29) is 6.04 Å². The topological polar surface area (TPSA) is 57.3 Å². The van der Waals surface area contributed by atoms with Gasteiger partial charge in [0.1, 0.15) is 0 Å². The molecule has 148 valence electrons. The van der Waals surface area contributed by atoms with E-state index in [0.717, 1.165) is 20.9 Å². The highest BCUT2D eigenvalue weighted by Gasteiger charge is 2.13. The molecule has 0 fully saturated rings. The molecule has 0 saturated heterocycles. The highest BCUT2D eigenvalue weighted by atomic mass is 32.1. The lowest BCUT2D eigenvalue weighted by molar-refractivity contribution is 0.324. The molecule has 8 heteroatoms. The summed E-state index contributed by atoms with van der Waals surface area (Å²) in [6.45, 7) is 4.11. The molecule has 0 atom stereocenters. The van der Waals surface area contributed by atoms with Crippen LogP contribution < -0.4 is 19.0 Å². The molecule has 6 nitrogen and oxygen atoms in total. The van der Waals surface area contributed by atoms with Crippen LogP contribution in [0, 0.1) is 0 Å². The Hall–Kier alpha value is -2.58. The maximum absolute atomic E-state index is 5.43. The zero-order chi connectivity index (χ0) is 20.1. The van der Waals surface area contributed by atoms with Crippen LogP contribution in [0.3, 0.4) is 0 Å². The van der Waals surface area contributed by atoms with Crippen molar-refractivity contribution in [3.8, 4) is 27.8 Å². The van der Waals surface area contributed by atoms with E-state index in [9.17, 15) is 0 Å². The van der Waals surface area contributed by atoms with Crippen LogP contribution in [-0.2, 0) is 0 Å². The van der Waals surface area contributed by atoms with Gasteiger partial charge in [0.15, 0.2) is 11.5 Å². The number of methoxy groups -OCH3 is 3. The molecule has 0 amide bonds. The molecule has 0 aliphatic heterocycles. The van der Waals surface area contributed by atoms with Crippen LogP contribution in [0.15, 0.2) is 45.1 Å². The maximum atomic E-state index is 5.43. The third kappa shape index (κ3) is 4.28. The van der Waals surface area contributed by atoms with Gasteiger partial charge in [-0.2, -0.15) is 5.10 Å². The molecule has 0 unspecified atom stereocenters. The van der Waals surface area contributed by atoms with Gasteiger partial charge in [0.2, 0.25) is 10.6 Å². The van der Waals surface area contributed by atoms with Crippen molar-refractivity contribution in [1.29, 1.82) is 0 Å². The van der Waals surface area contributed by atoms with E-state index in [1.165, 1.54) is 0 Å². The van der Waals surface area contributed by atoms with Crippen molar-refractivity contribution in [3.63, 3.8) is 0 Å². The second-order valence-electron chi connectivity index (χ2n) is 6.12. The van der Waals surface area contributed by atoms with Gasteiger partial charge in [-0.05, 0) is 37.4 Å². The Morgan fingerprint density at radius 2 is 1.75 bits per heavy atom. The number of nitrogens with zero attached hydrogens (tertiary/aromatic N) is 3. The third-order valence-corrected chi connectivity index (χ3v) is 5.56. The molecule has 0 N–H and O–H groups in total. The number of thiophene rings is 1. The second kappa shape index (κ2) is 9.07. The third-order valence-electron chi connectivity index (χ3n) is 3.84. The van der Waals surface area contributed by atoms with Crippen LogP contribution in [0.1, 0.15) is 19.4 Å². The fraction of sp³-hybridized carbons (Fsp3) is 0.300. The SMILES string of the molecule is COc1cc(C=Nn2c(-c3cccs3)csc2=NC(C)C)cc(OC)c1OC. The number of hydrogen-bond acceptors (Lipinski definition) is 7. The molecule has 2 heterocycles. The van der Waals surface area contributed by atoms with E-state index >= 15 is 0 Å². The quantitative estimate of drug-likeness (QED) is 0.532. The summed E-state index contributed by atoms with van der Waals surface area (Å²) in [5.41, 5.74) is 1.85. The zero-order valence-corrected chi connectivity index (χ0v) is 18.1. The van der Waals surface area contributed by atoms with E-state index in [1.807, 2.05) is 22.9 Å². The van der Waals surface area contributed by atoms with Crippen molar-refractivity contribution in [2.45, 2.75) is 19.9 Å². The standard InChI is InChI=1S/C20H23N3O3S2/c1-13(2)22-20-23(15(12-28-20)18-7-6-8-27-18)21-11-14-9-16(24-3)19(26-5)17(10-14)25-4/h6-13H,1-5H3. The fourth-order valence-corrected chi connectivity index (χ4v) is 4.38. The Morgan fingerprint density at radius 3 is 2.29 bits per heavy atom. The molecule has 28 heavy (non-hydrogen) atoms. The summed E-state index contributed by atoms with van der Waals surface area (Å²) in [6, 6.07) is 8.02. The highest BCUT2D eigenvalue weighted by molar-refractivity contribution is 7.14. The van der Waals surface area contributed by atoms with E-state index < -0.39 is 0 Å². The molecule has 3 aromatic rings. The number of aromatic nitrogens is 1. The number of ether oxygens (including phenoxy) is 3. The van der Waals surface area contributed by atoms with Crippen LogP contribution in [0.2, 0.25) is 0 Å². The van der Waals surface area contributed by atoms with Crippen molar-refractivity contribution >= 4 is 28.9 Å². The molecule has 0 radical (unpaired) electrons. The normalized spacial score (nSPS) is 12.1. The van der Waals surface area contributed by atoms with E-state index in [0.29, 0.717) is 17.2 Å². The largest absolute Gasteiger partial charge is 0.493 e. The molecule has 2 aromatic heterocycles. The lowest BCUT2D eigenvalue weighted by Crippen LogP contribution is -2.14. The summed E-state index contributed by atoms with van der Waals surface area (Å²) >= 11 is 3.25. The number of rotatable bonds is 7. The summed E-state index contributed by atoms with van der Waals surface area (Å²) in [5, 5.41) is 8.85. The Bertz CT molecular complexity index is 993. The lowest BCUT2D eigenvalue weighted by Gasteiger charge is -2.12. The van der Waals surface area contributed by atoms with Crippen LogP contribution in [0.25, 0.3) is 10.6 Å². The Labute approximate surface area is 172 Å². The molecule has 0 bridgehead atoms. The lowest BCUT2D eigenvalue weighted by atomic mass is 10.2. The van der Waals surface area contributed by atoms with Gasteiger partial charge in [-0.15, -0.1) is 22.7 Å². The van der Waals surface area contributed by atoms with Gasteiger partial charge < -0.3 is 14.2 Å². The predicted molar refractivity (Wildman–Crippen MR) is 115 cm³/mol. The molecular weight excluding hydrogens is 394 g/mol. The average Bonchev–Trinajstić information content (AvgIpc) is 3.34. The Kier molecular flexibility index (Phi) is 6.53. The van der Waals surface area contributed by atoms with Gasteiger partial charge in [-0.1, -0.05) is 6.07 Å². The summed E-state index contributed by atoms with van der Waals surface area (Å²) in [7, 11) is 4.78. The summed E-state index contributed by atoms with van der Waals surface area (Å²) < 4.78 is 18.1. The van der Waals surface area contributed by atoms with Gasteiger partial charge in [0, 0.05) is 17.0 Å². The van der Waals surface area contributed by atoms with E-state index in [1.54, 1.807) is 50.2 Å². The van der Waals surface area contributed by atoms with Crippen molar-refractivity contribution in [1.82, 2.24) is 4.68 Å². The molecule has 0 saturated carbocycles. The predicted octanol–water partition coefficient (Wildman–Crippen LogP) is 4.50. The first-order chi connectivity index (χ1) is 13.6. The van der Waals surface area contributed by atoms with Crippen LogP contribution in [0.5, 0.6) is 17.2 Å². The number of benzene rings is 1. The van der Waals surface area contributed by atoms with Crippen molar-refractivity contribution in [2.75, 3.05) is 21.3 Å².